The van der Waals surface area contributed by atoms with E-state index in [0.29, 0.717) is 5.89 Å². The Labute approximate surface area is 124 Å². The van der Waals surface area contributed by atoms with Crippen molar-refractivity contribution in [3.05, 3.63) is 47.7 Å². The van der Waals surface area contributed by atoms with Gasteiger partial charge in [-0.05, 0) is 17.2 Å². The highest BCUT2D eigenvalue weighted by Crippen LogP contribution is 2.45. The van der Waals surface area contributed by atoms with E-state index in [4.69, 9.17) is 4.42 Å². The van der Waals surface area contributed by atoms with Gasteiger partial charge in [-0.15, -0.1) is 10.2 Å². The Bertz CT molecular complexity index is 518. The number of hydrogen-bond acceptors (Lipinski definition) is 3. The third-order valence-electron chi connectivity index (χ3n) is 2.05. The van der Waals surface area contributed by atoms with Crippen LogP contribution >= 0.6 is 47.8 Å². The Kier molecular flexibility index (Phi) is 4.17. The van der Waals surface area contributed by atoms with Gasteiger partial charge in [0.1, 0.15) is 0 Å². The molecule has 0 saturated carbocycles. The van der Waals surface area contributed by atoms with Crippen molar-refractivity contribution in [2.24, 2.45) is 0 Å². The Hall–Kier alpha value is -0.460. The van der Waals surface area contributed by atoms with E-state index in [1.54, 1.807) is 6.08 Å². The molecule has 0 amide bonds. The van der Waals surface area contributed by atoms with Crippen molar-refractivity contribution in [2.45, 2.75) is 2.14 Å². The van der Waals surface area contributed by atoms with Gasteiger partial charge in [0.25, 0.3) is 0 Å². The van der Waals surface area contributed by atoms with Gasteiger partial charge in [0.15, 0.2) is 2.14 Å². The SMILES string of the molecule is BrC(Br)(Br)c1ccccc1C=Cc1nnco1. The summed E-state index contributed by atoms with van der Waals surface area (Å²) >= 11 is 10.5. The topological polar surface area (TPSA) is 38.9 Å². The molecule has 88 valence electrons. The van der Waals surface area contributed by atoms with E-state index < -0.39 is 2.14 Å². The van der Waals surface area contributed by atoms with Gasteiger partial charge in [0.2, 0.25) is 12.3 Å². The van der Waals surface area contributed by atoms with Crippen LogP contribution in [0.3, 0.4) is 0 Å². The first kappa shape index (κ1) is 13.0. The molecule has 0 N–H and O–H groups in total. The summed E-state index contributed by atoms with van der Waals surface area (Å²) in [7, 11) is 0. The molecular formula is C11H7Br3N2O. The van der Waals surface area contributed by atoms with Gasteiger partial charge < -0.3 is 4.42 Å². The highest BCUT2D eigenvalue weighted by Gasteiger charge is 2.22. The quantitative estimate of drug-likeness (QED) is 0.667. The fourth-order valence-corrected chi connectivity index (χ4v) is 2.40. The largest absolute Gasteiger partial charge is 0.424 e. The molecule has 0 radical (unpaired) electrons. The summed E-state index contributed by atoms with van der Waals surface area (Å²) in [5.41, 5.74) is 2.09. The second-order valence-corrected chi connectivity index (χ2v) is 9.96. The predicted octanol–water partition coefficient (Wildman–Crippen LogP) is 4.54. The van der Waals surface area contributed by atoms with E-state index in [2.05, 4.69) is 58.0 Å². The average Bonchev–Trinajstić information content (AvgIpc) is 2.78. The zero-order valence-electron chi connectivity index (χ0n) is 8.48. The number of aromatic nitrogens is 2. The molecule has 0 fully saturated rings. The Morgan fingerprint density at radius 3 is 2.53 bits per heavy atom. The standard InChI is InChI=1S/C11H7Br3N2O/c12-11(13,14)9-4-2-1-3-8(9)5-6-10-16-15-7-17-10/h1-7H. The van der Waals surface area contributed by atoms with Gasteiger partial charge in [0, 0.05) is 6.08 Å². The van der Waals surface area contributed by atoms with E-state index in [9.17, 15) is 0 Å². The highest BCUT2D eigenvalue weighted by atomic mass is 80.0. The van der Waals surface area contributed by atoms with Crippen molar-refractivity contribution in [3.63, 3.8) is 0 Å². The molecule has 3 nitrogen and oxygen atoms in total. The highest BCUT2D eigenvalue weighted by molar-refractivity contribution is 9.38. The maximum atomic E-state index is 5.04. The minimum atomic E-state index is -0.442. The third kappa shape index (κ3) is 3.50. The molecule has 17 heavy (non-hydrogen) atoms. The number of alkyl halides is 3. The van der Waals surface area contributed by atoms with Gasteiger partial charge in [-0.2, -0.15) is 0 Å². The fraction of sp³-hybridized carbons (Fsp3) is 0.0909. The average molecular weight is 423 g/mol. The van der Waals surface area contributed by atoms with Crippen LogP contribution in [0, 0.1) is 0 Å². The summed E-state index contributed by atoms with van der Waals surface area (Å²) < 4.78 is 4.59. The summed E-state index contributed by atoms with van der Waals surface area (Å²) in [6, 6.07) is 7.94. The lowest BCUT2D eigenvalue weighted by molar-refractivity contribution is 0.543. The monoisotopic (exact) mass is 420 g/mol. The molecule has 1 aromatic carbocycles. The Morgan fingerprint density at radius 2 is 1.88 bits per heavy atom. The van der Waals surface area contributed by atoms with Crippen LogP contribution in [-0.2, 0) is 2.14 Å². The number of benzene rings is 1. The number of halogens is 3. The van der Waals surface area contributed by atoms with Crippen molar-refractivity contribution in [1.29, 1.82) is 0 Å². The van der Waals surface area contributed by atoms with Gasteiger partial charge in [-0.3, -0.25) is 0 Å². The lowest BCUT2D eigenvalue weighted by Crippen LogP contribution is -2.00. The van der Waals surface area contributed by atoms with E-state index in [0.717, 1.165) is 11.1 Å². The van der Waals surface area contributed by atoms with E-state index in [1.165, 1.54) is 6.39 Å². The second kappa shape index (κ2) is 5.46. The second-order valence-electron chi connectivity index (χ2n) is 3.20. The van der Waals surface area contributed by atoms with E-state index >= 15 is 0 Å². The van der Waals surface area contributed by atoms with Crippen molar-refractivity contribution in [3.8, 4) is 0 Å². The smallest absolute Gasteiger partial charge is 0.240 e. The Morgan fingerprint density at radius 1 is 1.12 bits per heavy atom. The zero-order valence-corrected chi connectivity index (χ0v) is 13.2. The summed E-state index contributed by atoms with van der Waals surface area (Å²) in [4.78, 5) is 0. The maximum Gasteiger partial charge on any atom is 0.240 e. The molecule has 0 saturated heterocycles. The van der Waals surface area contributed by atoms with Crippen LogP contribution in [0.5, 0.6) is 0 Å². The zero-order chi connectivity index (χ0) is 12.3. The molecule has 6 heteroatoms. The predicted molar refractivity (Wildman–Crippen MR) is 78.1 cm³/mol. The van der Waals surface area contributed by atoms with Crippen LogP contribution in [0.2, 0.25) is 0 Å². The molecule has 2 rings (SSSR count). The number of rotatable bonds is 2. The van der Waals surface area contributed by atoms with Gasteiger partial charge in [0.05, 0.1) is 0 Å². The fourth-order valence-electron chi connectivity index (χ4n) is 1.32. The van der Waals surface area contributed by atoms with E-state index in [-0.39, 0.29) is 0 Å². The van der Waals surface area contributed by atoms with Crippen molar-refractivity contribution in [2.75, 3.05) is 0 Å². The molecule has 0 atom stereocenters. The van der Waals surface area contributed by atoms with Crippen LogP contribution < -0.4 is 0 Å². The third-order valence-corrected chi connectivity index (χ3v) is 3.33. The van der Waals surface area contributed by atoms with Gasteiger partial charge >= 0.3 is 0 Å². The summed E-state index contributed by atoms with van der Waals surface area (Å²) in [6.07, 6.45) is 4.99. The van der Waals surface area contributed by atoms with E-state index in [1.807, 2.05) is 30.3 Å². The summed E-state index contributed by atoms with van der Waals surface area (Å²) in [5, 5.41) is 7.39. The van der Waals surface area contributed by atoms with Crippen LogP contribution in [0.4, 0.5) is 0 Å². The molecule has 0 aliphatic heterocycles. The minimum absolute atomic E-state index is 0.442. The van der Waals surface area contributed by atoms with Crippen LogP contribution in [-0.4, -0.2) is 10.2 Å². The van der Waals surface area contributed by atoms with Crippen LogP contribution in [0.15, 0.2) is 35.1 Å². The molecule has 0 spiro atoms. The molecule has 2 aromatic rings. The maximum absolute atomic E-state index is 5.04. The first-order valence-electron chi connectivity index (χ1n) is 4.68. The molecular weight excluding hydrogens is 416 g/mol. The van der Waals surface area contributed by atoms with Crippen molar-refractivity contribution >= 4 is 59.9 Å². The molecule has 0 aliphatic rings. The normalized spacial score (nSPS) is 12.2. The van der Waals surface area contributed by atoms with Crippen LogP contribution in [0.25, 0.3) is 12.2 Å². The van der Waals surface area contributed by atoms with Gasteiger partial charge in [-0.1, -0.05) is 72.1 Å². The molecule has 0 bridgehead atoms. The summed E-state index contributed by atoms with van der Waals surface area (Å²) in [5.74, 6) is 0.476. The molecule has 1 heterocycles. The lowest BCUT2D eigenvalue weighted by Gasteiger charge is -2.15. The summed E-state index contributed by atoms with van der Waals surface area (Å²) in [6.45, 7) is 0. The van der Waals surface area contributed by atoms with Crippen molar-refractivity contribution < 1.29 is 4.42 Å². The first-order valence-corrected chi connectivity index (χ1v) is 7.06. The lowest BCUT2D eigenvalue weighted by atomic mass is 10.1. The number of hydrogen-bond donors (Lipinski definition) is 0. The molecule has 0 aliphatic carbocycles. The van der Waals surface area contributed by atoms with Crippen LogP contribution in [0.1, 0.15) is 17.0 Å². The van der Waals surface area contributed by atoms with Crippen molar-refractivity contribution in [1.82, 2.24) is 10.2 Å². The van der Waals surface area contributed by atoms with Gasteiger partial charge in [-0.25, -0.2) is 0 Å². The number of nitrogens with zero attached hydrogens (tertiary/aromatic N) is 2. The minimum Gasteiger partial charge on any atom is -0.424 e. The molecule has 1 aromatic heterocycles. The molecule has 0 unspecified atom stereocenters. The first-order chi connectivity index (χ1) is 8.07. The Balaban J connectivity index is 2.33.